The van der Waals surface area contributed by atoms with Gasteiger partial charge in [-0.1, -0.05) is 65.9 Å². The summed E-state index contributed by atoms with van der Waals surface area (Å²) in [6.45, 7) is 12.0. The molecule has 0 fully saturated rings. The fraction of sp³-hybridized carbons (Fsp3) is 0.237. The van der Waals surface area contributed by atoms with Crippen molar-refractivity contribution in [2.45, 2.75) is 53.7 Å². The highest BCUT2D eigenvalue weighted by molar-refractivity contribution is 7.07. The van der Waals surface area contributed by atoms with Crippen molar-refractivity contribution >= 4 is 23.4 Å². The van der Waals surface area contributed by atoms with Crippen LogP contribution in [-0.4, -0.2) is 27.8 Å². The summed E-state index contributed by atoms with van der Waals surface area (Å²) in [7, 11) is 0. The number of thiazole rings is 1. The second kappa shape index (κ2) is 12.8. The molecule has 6 rings (SSSR count). The molecule has 1 aliphatic heterocycles. The number of carbonyl (C=O) groups excluding carboxylic acids is 1. The highest BCUT2D eigenvalue weighted by atomic mass is 32.1. The first-order chi connectivity index (χ1) is 22.2. The Morgan fingerprint density at radius 2 is 1.63 bits per heavy atom. The van der Waals surface area contributed by atoms with E-state index in [-0.39, 0.29) is 11.7 Å². The summed E-state index contributed by atoms with van der Waals surface area (Å²) in [5, 5.41) is 0. The van der Waals surface area contributed by atoms with Gasteiger partial charge in [0.2, 0.25) is 0 Å². The van der Waals surface area contributed by atoms with E-state index in [1.807, 2.05) is 69.3 Å². The molecule has 0 saturated carbocycles. The number of rotatable bonds is 8. The minimum absolute atomic E-state index is 0.206. The summed E-state index contributed by atoms with van der Waals surface area (Å²) in [6.07, 6.45) is 1.62. The molecule has 0 unspecified atom stereocenters. The largest absolute Gasteiger partial charge is 0.494 e. The molecule has 234 valence electrons. The molecule has 0 aliphatic carbocycles. The minimum atomic E-state index is -0.684. The highest BCUT2D eigenvalue weighted by Crippen LogP contribution is 2.32. The van der Waals surface area contributed by atoms with E-state index in [2.05, 4.69) is 60.9 Å². The number of carbonyl (C=O) groups is 1. The van der Waals surface area contributed by atoms with Gasteiger partial charge in [0.1, 0.15) is 5.75 Å². The van der Waals surface area contributed by atoms with Gasteiger partial charge in [0, 0.05) is 17.1 Å². The first kappa shape index (κ1) is 31.0. The number of hydrogen-bond donors (Lipinski definition) is 0. The predicted molar refractivity (Wildman–Crippen MR) is 183 cm³/mol. The van der Waals surface area contributed by atoms with Crippen molar-refractivity contribution in [3.63, 3.8) is 0 Å². The average Bonchev–Trinajstić information content (AvgIpc) is 3.50. The summed E-state index contributed by atoms with van der Waals surface area (Å²) in [6, 6.07) is 27.7. The number of allylic oxidation sites excluding steroid dienone is 1. The Morgan fingerprint density at radius 1 is 0.957 bits per heavy atom. The van der Waals surface area contributed by atoms with Gasteiger partial charge in [0.15, 0.2) is 4.80 Å². The van der Waals surface area contributed by atoms with Gasteiger partial charge in [-0.25, -0.2) is 9.79 Å². The molecule has 0 spiro atoms. The summed E-state index contributed by atoms with van der Waals surface area (Å²) in [5.74, 6) is 0.238. The van der Waals surface area contributed by atoms with Gasteiger partial charge in [0.05, 0.1) is 34.6 Å². The molecule has 2 aromatic heterocycles. The molecule has 1 aliphatic rings. The Bertz CT molecular complexity index is 2120. The maximum absolute atomic E-state index is 14.2. The molecule has 3 heterocycles. The lowest BCUT2D eigenvalue weighted by Crippen LogP contribution is -2.40. The Kier molecular flexibility index (Phi) is 8.65. The lowest BCUT2D eigenvalue weighted by atomic mass is 9.96. The third-order valence-electron chi connectivity index (χ3n) is 8.08. The van der Waals surface area contributed by atoms with Gasteiger partial charge in [-0.3, -0.25) is 9.36 Å². The highest BCUT2D eigenvalue weighted by Gasteiger charge is 2.34. The van der Waals surface area contributed by atoms with Gasteiger partial charge in [0.25, 0.3) is 5.56 Å². The Balaban J connectivity index is 1.43. The number of ether oxygens (including phenoxy) is 2. The van der Waals surface area contributed by atoms with E-state index in [0.29, 0.717) is 27.2 Å². The summed E-state index contributed by atoms with van der Waals surface area (Å²) in [5.41, 5.74) is 7.87. The number of esters is 1. The molecule has 7 nitrogen and oxygen atoms in total. The predicted octanol–water partition coefficient (Wildman–Crippen LogP) is 6.66. The van der Waals surface area contributed by atoms with Crippen LogP contribution in [0.15, 0.2) is 106 Å². The molecule has 0 N–H and O–H groups in total. The van der Waals surface area contributed by atoms with Crippen LogP contribution in [0.3, 0.4) is 0 Å². The molecule has 0 amide bonds. The molecule has 46 heavy (non-hydrogen) atoms. The third kappa shape index (κ3) is 5.88. The van der Waals surface area contributed by atoms with Crippen LogP contribution < -0.4 is 19.6 Å². The summed E-state index contributed by atoms with van der Waals surface area (Å²) >= 11 is 1.33. The van der Waals surface area contributed by atoms with Crippen molar-refractivity contribution in [3.8, 4) is 22.6 Å². The summed E-state index contributed by atoms with van der Waals surface area (Å²) < 4.78 is 15.6. The van der Waals surface area contributed by atoms with Crippen molar-refractivity contribution in [1.29, 1.82) is 0 Å². The third-order valence-corrected chi connectivity index (χ3v) is 9.06. The second-order valence-corrected chi connectivity index (χ2v) is 12.6. The quantitative estimate of drug-likeness (QED) is 0.180. The average molecular weight is 632 g/mol. The number of benzene rings is 3. The van der Waals surface area contributed by atoms with E-state index in [4.69, 9.17) is 14.5 Å². The number of aryl methyl sites for hydroxylation is 1. The molecule has 0 bridgehead atoms. The maximum atomic E-state index is 14.2. The van der Waals surface area contributed by atoms with Crippen LogP contribution in [0.2, 0.25) is 0 Å². The van der Waals surface area contributed by atoms with Crippen molar-refractivity contribution < 1.29 is 14.3 Å². The molecule has 0 saturated heterocycles. The zero-order chi connectivity index (χ0) is 32.5. The summed E-state index contributed by atoms with van der Waals surface area (Å²) in [4.78, 5) is 32.9. The molecular weight excluding hydrogens is 595 g/mol. The lowest BCUT2D eigenvalue weighted by molar-refractivity contribution is -0.143. The Morgan fingerprint density at radius 3 is 2.28 bits per heavy atom. The zero-order valence-electron chi connectivity index (χ0n) is 26.9. The smallest absolute Gasteiger partial charge is 0.338 e. The monoisotopic (exact) mass is 631 g/mol. The van der Waals surface area contributed by atoms with E-state index in [1.165, 1.54) is 16.9 Å². The second-order valence-electron chi connectivity index (χ2n) is 11.6. The first-order valence-corrected chi connectivity index (χ1v) is 16.3. The Hall–Kier alpha value is -4.95. The van der Waals surface area contributed by atoms with E-state index in [0.717, 1.165) is 39.5 Å². The SMILES string of the molecule is CCOc1ccc([C@H]2C(C(=O)OC(C)C)=C(C)N=c3s/c(=C/c4cc(C)n(-c5ccc(-c6ccccc6)cc5)c4C)c(=O)n32)cc1. The number of fused-ring (bicyclic) bond motifs is 1. The standard InChI is InChI=1S/C38H37N3O4S/c1-7-44-32-19-15-29(16-20-32)35-34(37(43)45-23(2)3)25(5)39-38-41(35)36(42)33(46-38)22-30-21-24(4)40(26(30)6)31-17-13-28(14-18-31)27-11-9-8-10-12-27/h8-23,35H,7H2,1-6H3/b33-22+/t35-/m0/s1. The maximum Gasteiger partial charge on any atom is 0.338 e. The number of aromatic nitrogens is 2. The Labute approximate surface area is 272 Å². The van der Waals surface area contributed by atoms with E-state index < -0.39 is 12.0 Å². The van der Waals surface area contributed by atoms with Crippen molar-refractivity contribution in [3.05, 3.63) is 138 Å². The minimum Gasteiger partial charge on any atom is -0.494 e. The van der Waals surface area contributed by atoms with Crippen molar-refractivity contribution in [2.75, 3.05) is 6.61 Å². The van der Waals surface area contributed by atoms with E-state index in [1.54, 1.807) is 11.5 Å². The van der Waals surface area contributed by atoms with Crippen LogP contribution in [-0.2, 0) is 9.53 Å². The van der Waals surface area contributed by atoms with Crippen molar-refractivity contribution in [2.24, 2.45) is 4.99 Å². The van der Waals surface area contributed by atoms with Gasteiger partial charge < -0.3 is 14.0 Å². The first-order valence-electron chi connectivity index (χ1n) is 15.5. The molecule has 5 aromatic rings. The number of nitrogens with zero attached hydrogens (tertiary/aromatic N) is 3. The van der Waals surface area contributed by atoms with Gasteiger partial charge >= 0.3 is 5.97 Å². The molecular formula is C38H37N3O4S. The van der Waals surface area contributed by atoms with Gasteiger partial charge in [-0.2, -0.15) is 0 Å². The van der Waals surface area contributed by atoms with Crippen LogP contribution in [0.4, 0.5) is 0 Å². The van der Waals surface area contributed by atoms with E-state index in [9.17, 15) is 9.59 Å². The molecule has 0 radical (unpaired) electrons. The molecule has 1 atom stereocenters. The topological polar surface area (TPSA) is 74.8 Å². The van der Waals surface area contributed by atoms with Gasteiger partial charge in [-0.15, -0.1) is 0 Å². The fourth-order valence-corrected chi connectivity index (χ4v) is 7.03. The molecule has 3 aromatic carbocycles. The van der Waals surface area contributed by atoms with Crippen LogP contribution in [0.1, 0.15) is 56.3 Å². The van der Waals surface area contributed by atoms with Gasteiger partial charge in [-0.05, 0) is 100 Å². The lowest BCUT2D eigenvalue weighted by Gasteiger charge is -2.25. The van der Waals surface area contributed by atoms with Crippen LogP contribution >= 0.6 is 11.3 Å². The zero-order valence-corrected chi connectivity index (χ0v) is 27.7. The van der Waals surface area contributed by atoms with Crippen molar-refractivity contribution in [1.82, 2.24) is 9.13 Å². The molecule has 8 heteroatoms. The normalized spacial score (nSPS) is 14.8. The fourth-order valence-electron chi connectivity index (χ4n) is 5.99. The van der Waals surface area contributed by atoms with E-state index >= 15 is 0 Å². The number of hydrogen-bond acceptors (Lipinski definition) is 6. The van der Waals surface area contributed by atoms with Crippen LogP contribution in [0.5, 0.6) is 5.75 Å². The van der Waals surface area contributed by atoms with Crippen LogP contribution in [0, 0.1) is 13.8 Å². The van der Waals surface area contributed by atoms with Crippen LogP contribution in [0.25, 0.3) is 22.9 Å².